The standard InChI is InChI=1S/C12H24N2O/c1-3-5-7-13-9-11-15-12-10-14-8-6-4-2/h9-14H,3-8H2,1-2H3. The van der Waals surface area contributed by atoms with Crippen molar-refractivity contribution in [2.75, 3.05) is 13.1 Å². The molecule has 0 atom stereocenters. The Morgan fingerprint density at radius 3 is 1.73 bits per heavy atom. The first-order chi connectivity index (χ1) is 7.41. The largest absolute Gasteiger partial charge is 0.470 e. The average molecular weight is 212 g/mol. The van der Waals surface area contributed by atoms with Crippen molar-refractivity contribution < 1.29 is 4.74 Å². The third kappa shape index (κ3) is 12.9. The first-order valence-electron chi connectivity index (χ1n) is 5.84. The Kier molecular flexibility index (Phi) is 11.9. The molecular formula is C12H24N2O. The molecule has 0 aliphatic rings. The van der Waals surface area contributed by atoms with Crippen LogP contribution < -0.4 is 10.6 Å². The van der Waals surface area contributed by atoms with Crippen molar-refractivity contribution >= 4 is 0 Å². The van der Waals surface area contributed by atoms with Crippen molar-refractivity contribution in [1.29, 1.82) is 0 Å². The summed E-state index contributed by atoms with van der Waals surface area (Å²) >= 11 is 0. The highest BCUT2D eigenvalue weighted by Gasteiger charge is 1.79. The fourth-order valence-electron chi connectivity index (χ4n) is 0.944. The molecular weight excluding hydrogens is 188 g/mol. The maximum Gasteiger partial charge on any atom is 0.106 e. The second kappa shape index (κ2) is 12.9. The predicted octanol–water partition coefficient (Wildman–Crippen LogP) is 2.72. The van der Waals surface area contributed by atoms with E-state index in [1.807, 2.05) is 12.4 Å². The summed E-state index contributed by atoms with van der Waals surface area (Å²) in [6.07, 6.45) is 11.8. The zero-order valence-electron chi connectivity index (χ0n) is 9.96. The van der Waals surface area contributed by atoms with Crippen molar-refractivity contribution in [3.05, 3.63) is 24.9 Å². The van der Waals surface area contributed by atoms with E-state index in [9.17, 15) is 0 Å². The topological polar surface area (TPSA) is 33.3 Å². The SMILES string of the molecule is CCCCNC=COC=CNCCCC. The zero-order chi connectivity index (χ0) is 11.2. The third-order valence-corrected chi connectivity index (χ3v) is 1.88. The molecule has 15 heavy (non-hydrogen) atoms. The van der Waals surface area contributed by atoms with Crippen molar-refractivity contribution in [3.63, 3.8) is 0 Å². The highest BCUT2D eigenvalue weighted by atomic mass is 16.5. The third-order valence-electron chi connectivity index (χ3n) is 1.88. The lowest BCUT2D eigenvalue weighted by molar-refractivity contribution is 0.395. The molecule has 0 spiro atoms. The molecule has 0 aromatic heterocycles. The first-order valence-corrected chi connectivity index (χ1v) is 5.84. The Bertz CT molecular complexity index is 149. The van der Waals surface area contributed by atoms with Crippen LogP contribution in [-0.2, 0) is 4.74 Å². The quantitative estimate of drug-likeness (QED) is 0.431. The van der Waals surface area contributed by atoms with Crippen LogP contribution in [0.4, 0.5) is 0 Å². The molecule has 0 bridgehead atoms. The monoisotopic (exact) mass is 212 g/mol. The number of ether oxygens (including phenoxy) is 1. The highest BCUT2D eigenvalue weighted by molar-refractivity contribution is 4.77. The number of rotatable bonds is 10. The second-order valence-electron chi connectivity index (χ2n) is 3.36. The number of nitrogens with one attached hydrogen (secondary N) is 2. The fraction of sp³-hybridized carbons (Fsp3) is 0.667. The van der Waals surface area contributed by atoms with Crippen LogP contribution in [0.25, 0.3) is 0 Å². The van der Waals surface area contributed by atoms with E-state index in [2.05, 4.69) is 24.5 Å². The molecule has 3 nitrogen and oxygen atoms in total. The Morgan fingerprint density at radius 1 is 0.867 bits per heavy atom. The lowest BCUT2D eigenvalue weighted by atomic mass is 10.3. The van der Waals surface area contributed by atoms with E-state index in [1.165, 1.54) is 25.7 Å². The van der Waals surface area contributed by atoms with Gasteiger partial charge in [-0.15, -0.1) is 0 Å². The van der Waals surface area contributed by atoms with Crippen LogP contribution in [0, 0.1) is 0 Å². The summed E-state index contributed by atoms with van der Waals surface area (Å²) in [7, 11) is 0. The summed E-state index contributed by atoms with van der Waals surface area (Å²) in [4.78, 5) is 0. The molecule has 0 unspecified atom stereocenters. The van der Waals surface area contributed by atoms with Gasteiger partial charge in [0.15, 0.2) is 0 Å². The van der Waals surface area contributed by atoms with Crippen LogP contribution in [0.1, 0.15) is 39.5 Å². The van der Waals surface area contributed by atoms with E-state index < -0.39 is 0 Å². The molecule has 0 aromatic rings. The number of unbranched alkanes of at least 4 members (excludes halogenated alkanes) is 2. The van der Waals surface area contributed by atoms with Gasteiger partial charge in [0, 0.05) is 25.5 Å². The Hall–Kier alpha value is -1.12. The molecule has 0 saturated carbocycles. The molecule has 0 rings (SSSR count). The van der Waals surface area contributed by atoms with Gasteiger partial charge in [0.05, 0.1) is 0 Å². The zero-order valence-corrected chi connectivity index (χ0v) is 9.96. The molecule has 0 radical (unpaired) electrons. The fourth-order valence-corrected chi connectivity index (χ4v) is 0.944. The highest BCUT2D eigenvalue weighted by Crippen LogP contribution is 1.84. The van der Waals surface area contributed by atoms with E-state index in [0.29, 0.717) is 0 Å². The molecule has 0 aromatic carbocycles. The van der Waals surface area contributed by atoms with Gasteiger partial charge in [0.1, 0.15) is 12.5 Å². The molecule has 0 aliphatic heterocycles. The maximum atomic E-state index is 5.11. The van der Waals surface area contributed by atoms with Crippen LogP contribution in [0.15, 0.2) is 24.9 Å². The summed E-state index contributed by atoms with van der Waals surface area (Å²) < 4.78 is 5.11. The van der Waals surface area contributed by atoms with E-state index in [-0.39, 0.29) is 0 Å². The smallest absolute Gasteiger partial charge is 0.106 e. The minimum Gasteiger partial charge on any atom is -0.470 e. The molecule has 0 amide bonds. The van der Waals surface area contributed by atoms with Crippen LogP contribution >= 0.6 is 0 Å². The minimum atomic E-state index is 1.01. The minimum absolute atomic E-state index is 1.01. The van der Waals surface area contributed by atoms with Gasteiger partial charge in [0.25, 0.3) is 0 Å². The van der Waals surface area contributed by atoms with Crippen molar-refractivity contribution in [2.24, 2.45) is 0 Å². The van der Waals surface area contributed by atoms with Gasteiger partial charge in [-0.05, 0) is 12.8 Å². The Morgan fingerprint density at radius 2 is 1.33 bits per heavy atom. The average Bonchev–Trinajstić information content (AvgIpc) is 2.26. The molecule has 0 fully saturated rings. The lowest BCUT2D eigenvalue weighted by Gasteiger charge is -1.98. The van der Waals surface area contributed by atoms with Gasteiger partial charge >= 0.3 is 0 Å². The van der Waals surface area contributed by atoms with Gasteiger partial charge in [-0.2, -0.15) is 0 Å². The molecule has 0 saturated heterocycles. The molecule has 88 valence electrons. The predicted molar refractivity (Wildman–Crippen MR) is 65.2 cm³/mol. The van der Waals surface area contributed by atoms with E-state index in [4.69, 9.17) is 4.74 Å². The van der Waals surface area contributed by atoms with Crippen LogP contribution in [0.5, 0.6) is 0 Å². The lowest BCUT2D eigenvalue weighted by Crippen LogP contribution is -2.06. The normalized spacial score (nSPS) is 11.1. The van der Waals surface area contributed by atoms with E-state index in [0.717, 1.165) is 13.1 Å². The molecule has 0 aliphatic carbocycles. The van der Waals surface area contributed by atoms with Gasteiger partial charge in [-0.1, -0.05) is 26.7 Å². The van der Waals surface area contributed by atoms with Crippen molar-refractivity contribution in [3.8, 4) is 0 Å². The maximum absolute atomic E-state index is 5.11. The van der Waals surface area contributed by atoms with Gasteiger partial charge < -0.3 is 15.4 Å². The molecule has 3 heteroatoms. The van der Waals surface area contributed by atoms with Gasteiger partial charge in [-0.25, -0.2) is 0 Å². The van der Waals surface area contributed by atoms with E-state index in [1.54, 1.807) is 12.5 Å². The molecule has 0 heterocycles. The summed E-state index contributed by atoms with van der Waals surface area (Å²) in [6, 6.07) is 0. The Balaban J connectivity index is 3.14. The van der Waals surface area contributed by atoms with Crippen LogP contribution in [0.2, 0.25) is 0 Å². The first kappa shape index (κ1) is 13.9. The number of hydrogen-bond acceptors (Lipinski definition) is 3. The van der Waals surface area contributed by atoms with Gasteiger partial charge in [0.2, 0.25) is 0 Å². The summed E-state index contributed by atoms with van der Waals surface area (Å²) in [5.74, 6) is 0. The molecule has 2 N–H and O–H groups in total. The van der Waals surface area contributed by atoms with Crippen LogP contribution in [0.3, 0.4) is 0 Å². The summed E-state index contributed by atoms with van der Waals surface area (Å²) in [6.45, 7) is 6.36. The Labute approximate surface area is 93.6 Å². The number of hydrogen-bond donors (Lipinski definition) is 2. The van der Waals surface area contributed by atoms with Crippen LogP contribution in [-0.4, -0.2) is 13.1 Å². The second-order valence-corrected chi connectivity index (χ2v) is 3.36. The summed E-state index contributed by atoms with van der Waals surface area (Å²) in [5.41, 5.74) is 0. The van der Waals surface area contributed by atoms with E-state index >= 15 is 0 Å². The van der Waals surface area contributed by atoms with Gasteiger partial charge in [-0.3, -0.25) is 0 Å². The van der Waals surface area contributed by atoms with Crippen molar-refractivity contribution in [1.82, 2.24) is 10.6 Å². The summed E-state index contributed by atoms with van der Waals surface area (Å²) in [5, 5.41) is 6.28. The van der Waals surface area contributed by atoms with Crippen molar-refractivity contribution in [2.45, 2.75) is 39.5 Å².